The third-order valence-electron chi connectivity index (χ3n) is 2.97. The van der Waals surface area contributed by atoms with E-state index in [-0.39, 0.29) is 6.61 Å². The van der Waals surface area contributed by atoms with Crippen molar-refractivity contribution >= 4 is 17.4 Å². The summed E-state index contributed by atoms with van der Waals surface area (Å²) in [6.45, 7) is 0.760. The number of aromatic nitrogens is 2. The van der Waals surface area contributed by atoms with Crippen LogP contribution in [0, 0.1) is 0 Å². The Kier molecular flexibility index (Phi) is 4.71. The summed E-state index contributed by atoms with van der Waals surface area (Å²) in [5.41, 5.74) is 1.93. The van der Waals surface area contributed by atoms with E-state index in [1.54, 1.807) is 18.6 Å². The second kappa shape index (κ2) is 6.50. The summed E-state index contributed by atoms with van der Waals surface area (Å²) in [5, 5.41) is 9.69. The van der Waals surface area contributed by atoms with Gasteiger partial charge >= 0.3 is 0 Å². The summed E-state index contributed by atoms with van der Waals surface area (Å²) in [5.74, 6) is 0.808. The Labute approximate surface area is 117 Å². The molecule has 2 heterocycles. The van der Waals surface area contributed by atoms with Gasteiger partial charge in [0, 0.05) is 37.7 Å². The first kappa shape index (κ1) is 13.8. The van der Waals surface area contributed by atoms with Gasteiger partial charge in [0.15, 0.2) is 0 Å². The van der Waals surface area contributed by atoms with Crippen LogP contribution in [0.25, 0.3) is 0 Å². The molecule has 0 saturated carbocycles. The van der Waals surface area contributed by atoms with Crippen LogP contribution in [0.5, 0.6) is 0 Å². The lowest BCUT2D eigenvalue weighted by molar-refractivity contribution is 0.282. The maximum absolute atomic E-state index is 9.19. The summed E-state index contributed by atoms with van der Waals surface area (Å²) in [6, 6.07) is 5.82. The molecule has 19 heavy (non-hydrogen) atoms. The number of aliphatic hydroxyl groups is 1. The molecular formula is C14H16ClN3O. The van der Waals surface area contributed by atoms with Crippen LogP contribution in [-0.2, 0) is 13.0 Å². The van der Waals surface area contributed by atoms with Crippen LogP contribution in [0.4, 0.5) is 5.82 Å². The number of anilines is 1. The normalized spacial score (nSPS) is 10.5. The molecule has 100 valence electrons. The van der Waals surface area contributed by atoms with Crippen molar-refractivity contribution in [3.63, 3.8) is 0 Å². The third-order valence-corrected chi connectivity index (χ3v) is 3.31. The van der Waals surface area contributed by atoms with E-state index in [9.17, 15) is 5.11 Å². The summed E-state index contributed by atoms with van der Waals surface area (Å²) in [7, 11) is 1.97. The third kappa shape index (κ3) is 3.66. The molecule has 0 bridgehead atoms. The van der Waals surface area contributed by atoms with Crippen molar-refractivity contribution in [1.82, 2.24) is 9.97 Å². The van der Waals surface area contributed by atoms with Crippen LogP contribution in [0.2, 0.25) is 5.02 Å². The zero-order valence-corrected chi connectivity index (χ0v) is 11.5. The molecule has 0 aliphatic rings. The number of nitrogens with zero attached hydrogens (tertiary/aromatic N) is 3. The van der Waals surface area contributed by atoms with Gasteiger partial charge in [0.1, 0.15) is 5.82 Å². The van der Waals surface area contributed by atoms with Gasteiger partial charge in [0.2, 0.25) is 0 Å². The number of hydrogen-bond donors (Lipinski definition) is 1. The second-order valence-corrected chi connectivity index (χ2v) is 4.73. The maximum Gasteiger partial charge on any atom is 0.128 e. The van der Waals surface area contributed by atoms with E-state index in [1.807, 2.05) is 30.1 Å². The van der Waals surface area contributed by atoms with Crippen LogP contribution < -0.4 is 4.90 Å². The van der Waals surface area contributed by atoms with Crippen LogP contribution in [0.1, 0.15) is 11.1 Å². The average Bonchev–Trinajstić information content (AvgIpc) is 2.46. The minimum atomic E-state index is -0.0768. The van der Waals surface area contributed by atoms with Gasteiger partial charge in [-0.15, -0.1) is 0 Å². The number of halogens is 1. The molecule has 1 N–H and O–H groups in total. The van der Waals surface area contributed by atoms with Crippen molar-refractivity contribution in [2.24, 2.45) is 0 Å². The SMILES string of the molecule is CN(CCc1ccncc1)c1cc(CO)c(Cl)cn1. The Balaban J connectivity index is 2.02. The first-order valence-electron chi connectivity index (χ1n) is 6.06. The van der Waals surface area contributed by atoms with E-state index in [0.717, 1.165) is 18.8 Å². The fourth-order valence-electron chi connectivity index (χ4n) is 1.76. The summed E-state index contributed by atoms with van der Waals surface area (Å²) >= 11 is 5.93. The Hall–Kier alpha value is -1.65. The van der Waals surface area contributed by atoms with Gasteiger partial charge in [-0.25, -0.2) is 4.98 Å². The monoisotopic (exact) mass is 277 g/mol. The molecule has 0 saturated heterocycles. The first-order valence-corrected chi connectivity index (χ1v) is 6.44. The van der Waals surface area contributed by atoms with Crippen molar-refractivity contribution in [3.8, 4) is 0 Å². The van der Waals surface area contributed by atoms with E-state index in [2.05, 4.69) is 9.97 Å². The van der Waals surface area contributed by atoms with Crippen LogP contribution >= 0.6 is 11.6 Å². The molecule has 2 aromatic heterocycles. The van der Waals surface area contributed by atoms with Gasteiger partial charge in [0.05, 0.1) is 11.6 Å². The van der Waals surface area contributed by atoms with Crippen molar-refractivity contribution < 1.29 is 5.11 Å². The van der Waals surface area contributed by atoms with Crippen molar-refractivity contribution in [1.29, 1.82) is 0 Å². The summed E-state index contributed by atoms with van der Waals surface area (Å²) in [4.78, 5) is 10.3. The predicted molar refractivity (Wildman–Crippen MR) is 76.4 cm³/mol. The molecule has 0 atom stereocenters. The zero-order valence-electron chi connectivity index (χ0n) is 10.8. The molecule has 0 aliphatic carbocycles. The van der Waals surface area contributed by atoms with Crippen molar-refractivity contribution in [2.45, 2.75) is 13.0 Å². The Morgan fingerprint density at radius 1 is 1.32 bits per heavy atom. The fraction of sp³-hybridized carbons (Fsp3) is 0.286. The van der Waals surface area contributed by atoms with Gasteiger partial charge < -0.3 is 10.0 Å². The molecule has 0 aliphatic heterocycles. The number of rotatable bonds is 5. The first-order chi connectivity index (χ1) is 9.20. The van der Waals surface area contributed by atoms with Crippen LogP contribution in [0.3, 0.4) is 0 Å². The molecule has 0 radical (unpaired) electrons. The lowest BCUT2D eigenvalue weighted by Crippen LogP contribution is -2.21. The Bertz CT molecular complexity index is 533. The van der Waals surface area contributed by atoms with E-state index in [4.69, 9.17) is 11.6 Å². The fourth-order valence-corrected chi connectivity index (χ4v) is 1.92. The average molecular weight is 278 g/mol. The molecule has 0 fully saturated rings. The number of likely N-dealkylation sites (N-methyl/N-ethyl adjacent to an activating group) is 1. The molecule has 5 heteroatoms. The van der Waals surface area contributed by atoms with Gasteiger partial charge in [-0.05, 0) is 30.2 Å². The zero-order chi connectivity index (χ0) is 13.7. The molecule has 2 aromatic rings. The van der Waals surface area contributed by atoms with E-state index < -0.39 is 0 Å². The maximum atomic E-state index is 9.19. The molecule has 4 nitrogen and oxygen atoms in total. The topological polar surface area (TPSA) is 49.2 Å². The summed E-state index contributed by atoms with van der Waals surface area (Å²) < 4.78 is 0. The minimum absolute atomic E-state index is 0.0768. The van der Waals surface area contributed by atoms with E-state index in [1.165, 1.54) is 5.56 Å². The van der Waals surface area contributed by atoms with Gasteiger partial charge in [-0.2, -0.15) is 0 Å². The highest BCUT2D eigenvalue weighted by Gasteiger charge is 2.06. The largest absolute Gasteiger partial charge is 0.392 e. The number of aliphatic hydroxyl groups excluding tert-OH is 1. The molecular weight excluding hydrogens is 262 g/mol. The lowest BCUT2D eigenvalue weighted by atomic mass is 10.2. The molecule has 0 unspecified atom stereocenters. The summed E-state index contributed by atoms with van der Waals surface area (Å²) in [6.07, 6.45) is 6.07. The standard InChI is InChI=1S/C14H16ClN3O/c1-18(7-4-11-2-5-16-6-3-11)14-8-12(10-19)13(15)9-17-14/h2-3,5-6,8-9,19H,4,7,10H2,1H3. The highest BCUT2D eigenvalue weighted by atomic mass is 35.5. The number of pyridine rings is 2. The Morgan fingerprint density at radius 3 is 2.74 bits per heavy atom. The second-order valence-electron chi connectivity index (χ2n) is 4.32. The van der Waals surface area contributed by atoms with Crippen LogP contribution in [-0.4, -0.2) is 28.7 Å². The number of hydrogen-bond acceptors (Lipinski definition) is 4. The van der Waals surface area contributed by atoms with E-state index >= 15 is 0 Å². The van der Waals surface area contributed by atoms with Gasteiger partial charge in [0.25, 0.3) is 0 Å². The molecule has 2 rings (SSSR count). The predicted octanol–water partition coefficient (Wildman–Crippen LogP) is 2.30. The lowest BCUT2D eigenvalue weighted by Gasteiger charge is -2.19. The van der Waals surface area contributed by atoms with Crippen LogP contribution in [0.15, 0.2) is 36.8 Å². The quantitative estimate of drug-likeness (QED) is 0.911. The van der Waals surface area contributed by atoms with Gasteiger partial charge in [-0.1, -0.05) is 11.6 Å². The smallest absolute Gasteiger partial charge is 0.128 e. The minimum Gasteiger partial charge on any atom is -0.392 e. The highest BCUT2D eigenvalue weighted by molar-refractivity contribution is 6.31. The van der Waals surface area contributed by atoms with Crippen molar-refractivity contribution in [3.05, 3.63) is 52.9 Å². The molecule has 0 aromatic carbocycles. The van der Waals surface area contributed by atoms with E-state index in [0.29, 0.717) is 10.6 Å². The molecule has 0 spiro atoms. The highest BCUT2D eigenvalue weighted by Crippen LogP contribution is 2.19. The Morgan fingerprint density at radius 2 is 2.05 bits per heavy atom. The van der Waals surface area contributed by atoms with Crippen molar-refractivity contribution in [2.75, 3.05) is 18.5 Å². The van der Waals surface area contributed by atoms with Gasteiger partial charge in [-0.3, -0.25) is 4.98 Å². The molecule has 0 amide bonds.